The van der Waals surface area contributed by atoms with E-state index in [-0.39, 0.29) is 11.8 Å². The first-order chi connectivity index (χ1) is 10.2. The molecule has 4 nitrogen and oxygen atoms in total. The summed E-state index contributed by atoms with van der Waals surface area (Å²) in [4.78, 5) is 14.8. The first-order valence-electron chi connectivity index (χ1n) is 7.89. The number of carbonyl (C=O) groups excluding carboxylic acids is 1. The predicted molar refractivity (Wildman–Crippen MR) is 83.3 cm³/mol. The van der Waals surface area contributed by atoms with Crippen molar-refractivity contribution in [2.75, 3.05) is 25.1 Å². The third-order valence-corrected chi connectivity index (χ3v) is 4.82. The number of amides is 1. The molecular weight excluding hydrogens is 264 g/mol. The summed E-state index contributed by atoms with van der Waals surface area (Å²) in [7, 11) is 1.65. The lowest BCUT2D eigenvalue weighted by atomic mass is 10.0. The minimum Gasteiger partial charge on any atom is -0.495 e. The van der Waals surface area contributed by atoms with Crippen molar-refractivity contribution in [1.29, 1.82) is 0 Å². The summed E-state index contributed by atoms with van der Waals surface area (Å²) in [5.41, 5.74) is 6.51. The molecule has 1 aromatic rings. The number of fused-ring (bicyclic) bond motifs is 1. The van der Waals surface area contributed by atoms with E-state index >= 15 is 0 Å². The molecule has 2 fully saturated rings. The van der Waals surface area contributed by atoms with Crippen molar-refractivity contribution in [1.82, 2.24) is 0 Å². The van der Waals surface area contributed by atoms with Crippen LogP contribution in [-0.4, -0.2) is 26.1 Å². The highest BCUT2D eigenvalue weighted by molar-refractivity contribution is 5.96. The van der Waals surface area contributed by atoms with Crippen LogP contribution in [0.3, 0.4) is 0 Å². The van der Waals surface area contributed by atoms with E-state index in [4.69, 9.17) is 10.5 Å². The van der Waals surface area contributed by atoms with Crippen molar-refractivity contribution in [3.8, 4) is 5.75 Å². The van der Waals surface area contributed by atoms with Gasteiger partial charge < -0.3 is 15.4 Å². The van der Waals surface area contributed by atoms with Crippen LogP contribution in [0.5, 0.6) is 5.75 Å². The Hall–Kier alpha value is -1.55. The van der Waals surface area contributed by atoms with E-state index in [1.165, 1.54) is 6.42 Å². The van der Waals surface area contributed by atoms with Gasteiger partial charge in [0.2, 0.25) is 5.91 Å². The number of ether oxygens (including phenoxy) is 1. The van der Waals surface area contributed by atoms with Crippen LogP contribution < -0.4 is 15.4 Å². The van der Waals surface area contributed by atoms with Gasteiger partial charge in [0.15, 0.2) is 0 Å². The van der Waals surface area contributed by atoms with E-state index in [2.05, 4.69) is 0 Å². The van der Waals surface area contributed by atoms with Gasteiger partial charge in [0.1, 0.15) is 5.75 Å². The molecule has 0 bridgehead atoms. The summed E-state index contributed by atoms with van der Waals surface area (Å²) in [5, 5.41) is 0. The van der Waals surface area contributed by atoms with E-state index in [0.29, 0.717) is 13.1 Å². The van der Waals surface area contributed by atoms with Gasteiger partial charge in [0.25, 0.3) is 0 Å². The fraction of sp³-hybridized carbons (Fsp3) is 0.588. The second-order valence-electron chi connectivity index (χ2n) is 6.23. The first-order valence-corrected chi connectivity index (χ1v) is 7.89. The second-order valence-corrected chi connectivity index (χ2v) is 6.23. The molecule has 0 aromatic heterocycles. The van der Waals surface area contributed by atoms with Crippen LogP contribution >= 0.6 is 0 Å². The molecule has 1 amide bonds. The van der Waals surface area contributed by atoms with Gasteiger partial charge in [-0.05, 0) is 56.2 Å². The number of benzene rings is 1. The highest BCUT2D eigenvalue weighted by Gasteiger charge is 2.49. The summed E-state index contributed by atoms with van der Waals surface area (Å²) in [6.45, 7) is 1.26. The van der Waals surface area contributed by atoms with Crippen LogP contribution in [-0.2, 0) is 4.79 Å². The molecule has 0 heterocycles. The smallest absolute Gasteiger partial charge is 0.230 e. The summed E-state index contributed by atoms with van der Waals surface area (Å²) >= 11 is 0. The summed E-state index contributed by atoms with van der Waals surface area (Å²) < 4.78 is 5.42. The number of hydrogen-bond acceptors (Lipinski definition) is 3. The number of para-hydroxylation sites is 2. The van der Waals surface area contributed by atoms with E-state index in [1.54, 1.807) is 7.11 Å². The largest absolute Gasteiger partial charge is 0.495 e. The summed E-state index contributed by atoms with van der Waals surface area (Å²) in [5.74, 6) is 2.82. The zero-order valence-electron chi connectivity index (χ0n) is 12.6. The molecule has 4 heteroatoms. The van der Waals surface area contributed by atoms with Gasteiger partial charge >= 0.3 is 0 Å². The zero-order chi connectivity index (χ0) is 14.8. The number of methoxy groups -OCH3 is 1. The number of nitrogens with zero attached hydrogens (tertiary/aromatic N) is 1. The quantitative estimate of drug-likeness (QED) is 0.874. The van der Waals surface area contributed by atoms with E-state index in [0.717, 1.165) is 42.5 Å². The molecule has 0 spiro atoms. The fourth-order valence-corrected chi connectivity index (χ4v) is 3.59. The van der Waals surface area contributed by atoms with Gasteiger partial charge in [-0.15, -0.1) is 0 Å². The van der Waals surface area contributed by atoms with E-state index < -0.39 is 0 Å². The molecule has 2 saturated carbocycles. The molecular formula is C17H24N2O2. The van der Waals surface area contributed by atoms with E-state index in [1.807, 2.05) is 29.2 Å². The topological polar surface area (TPSA) is 55.6 Å². The van der Waals surface area contributed by atoms with Crippen LogP contribution in [0, 0.1) is 17.8 Å². The monoisotopic (exact) mass is 288 g/mol. The van der Waals surface area contributed by atoms with E-state index in [9.17, 15) is 4.79 Å². The SMILES string of the molecule is COc1ccccc1N(CCCN)C(=O)C1CC2CC2C1. The van der Waals surface area contributed by atoms with Crippen LogP contribution in [0.1, 0.15) is 25.7 Å². The zero-order valence-corrected chi connectivity index (χ0v) is 12.6. The number of carbonyl (C=O) groups is 1. The molecule has 21 heavy (non-hydrogen) atoms. The molecule has 0 aliphatic heterocycles. The van der Waals surface area contributed by atoms with Crippen molar-refractivity contribution in [3.05, 3.63) is 24.3 Å². The van der Waals surface area contributed by atoms with Crippen molar-refractivity contribution in [3.63, 3.8) is 0 Å². The van der Waals surface area contributed by atoms with Crippen molar-refractivity contribution in [2.45, 2.75) is 25.7 Å². The normalized spacial score (nSPS) is 26.3. The van der Waals surface area contributed by atoms with Crippen LogP contribution in [0.4, 0.5) is 5.69 Å². The van der Waals surface area contributed by atoms with Gasteiger partial charge in [-0.3, -0.25) is 4.79 Å². The highest BCUT2D eigenvalue weighted by atomic mass is 16.5. The molecule has 2 atom stereocenters. The molecule has 3 rings (SSSR count). The van der Waals surface area contributed by atoms with Gasteiger partial charge in [0.05, 0.1) is 12.8 Å². The lowest BCUT2D eigenvalue weighted by molar-refractivity contribution is -0.122. The Morgan fingerprint density at radius 3 is 2.67 bits per heavy atom. The summed E-state index contributed by atoms with van der Waals surface area (Å²) in [6, 6.07) is 7.75. The van der Waals surface area contributed by atoms with Crippen molar-refractivity contribution in [2.24, 2.45) is 23.5 Å². The lowest BCUT2D eigenvalue weighted by Crippen LogP contribution is -2.37. The standard InChI is InChI=1S/C17H24N2O2/c1-21-16-6-3-2-5-15(16)19(8-4-7-18)17(20)14-10-12-9-13(12)11-14/h2-3,5-6,12-14H,4,7-11,18H2,1H3. The second kappa shape index (κ2) is 6.06. The molecule has 2 aliphatic carbocycles. The van der Waals surface area contributed by atoms with Crippen molar-refractivity contribution < 1.29 is 9.53 Å². The molecule has 2 unspecified atom stereocenters. The number of hydrogen-bond donors (Lipinski definition) is 1. The molecule has 2 aliphatic rings. The Kier molecular flexibility index (Phi) is 4.15. The third-order valence-electron chi connectivity index (χ3n) is 4.82. The Morgan fingerprint density at radius 2 is 2.00 bits per heavy atom. The van der Waals surface area contributed by atoms with Crippen LogP contribution in [0.15, 0.2) is 24.3 Å². The van der Waals surface area contributed by atoms with Crippen molar-refractivity contribution >= 4 is 11.6 Å². The third kappa shape index (κ3) is 2.91. The number of nitrogens with two attached hydrogens (primary N) is 1. The summed E-state index contributed by atoms with van der Waals surface area (Å²) in [6.07, 6.45) is 4.28. The van der Waals surface area contributed by atoms with Gasteiger partial charge in [-0.2, -0.15) is 0 Å². The van der Waals surface area contributed by atoms with Crippen LogP contribution in [0.2, 0.25) is 0 Å². The molecule has 0 saturated heterocycles. The minimum atomic E-state index is 0.191. The molecule has 1 aromatic carbocycles. The fourth-order valence-electron chi connectivity index (χ4n) is 3.59. The molecule has 114 valence electrons. The lowest BCUT2D eigenvalue weighted by Gasteiger charge is -2.27. The Balaban J connectivity index is 1.80. The predicted octanol–water partition coefficient (Wildman–Crippen LogP) is 2.42. The number of rotatable bonds is 6. The Morgan fingerprint density at radius 1 is 1.29 bits per heavy atom. The molecule has 2 N–H and O–H groups in total. The Labute approximate surface area is 126 Å². The highest BCUT2D eigenvalue weighted by Crippen LogP contribution is 2.54. The maximum Gasteiger partial charge on any atom is 0.230 e. The maximum atomic E-state index is 12.9. The van der Waals surface area contributed by atoms with Gasteiger partial charge in [-0.1, -0.05) is 12.1 Å². The van der Waals surface area contributed by atoms with Gasteiger partial charge in [-0.25, -0.2) is 0 Å². The number of anilines is 1. The maximum absolute atomic E-state index is 12.9. The first kappa shape index (κ1) is 14.4. The average molecular weight is 288 g/mol. The Bertz CT molecular complexity index is 507. The minimum absolute atomic E-state index is 0.191. The van der Waals surface area contributed by atoms with Gasteiger partial charge in [0, 0.05) is 12.5 Å². The average Bonchev–Trinajstić information content (AvgIpc) is 3.13. The molecule has 0 radical (unpaired) electrons. The van der Waals surface area contributed by atoms with Crippen LogP contribution in [0.25, 0.3) is 0 Å².